The van der Waals surface area contributed by atoms with Gasteiger partial charge in [-0.2, -0.15) is 0 Å². The molecular weight excluding hydrogens is 352 g/mol. The van der Waals surface area contributed by atoms with E-state index in [2.05, 4.69) is 30.2 Å². The van der Waals surface area contributed by atoms with Gasteiger partial charge in [0.25, 0.3) is 0 Å². The zero-order valence-corrected chi connectivity index (χ0v) is 16.9. The third-order valence-electron chi connectivity index (χ3n) is 4.90. The molecule has 5 heteroatoms. The van der Waals surface area contributed by atoms with Crippen molar-refractivity contribution in [2.45, 2.75) is 26.2 Å². The Balaban J connectivity index is 2.00. The summed E-state index contributed by atoms with van der Waals surface area (Å²) in [5.74, 6) is 1.69. The van der Waals surface area contributed by atoms with Gasteiger partial charge in [0.15, 0.2) is 11.5 Å². The minimum atomic E-state index is -0.0943. The maximum Gasteiger partial charge on any atom is 0.220 e. The monoisotopic (exact) mass is 380 g/mol. The summed E-state index contributed by atoms with van der Waals surface area (Å²) in [4.78, 5) is 16.0. The van der Waals surface area contributed by atoms with Crippen LogP contribution in [0.4, 0.5) is 0 Å². The number of ether oxygens (including phenoxy) is 2. The Hall–Kier alpha value is -2.95. The maximum atomic E-state index is 12.7. The standard InChI is InChI=1S/C23H28N2O3/c1-15(2)13-25-23(26)12-18(16-9-10-21(27-3)22(11-16)28-4)19-14-24-20-8-6-5-7-17(19)20/h5-11,14-15,18,24H,12-13H2,1-4H3,(H,25,26)/t18-/m0/s1. The number of carbonyl (C=O) groups is 1. The number of methoxy groups -OCH3 is 2. The number of aromatic amines is 1. The number of para-hydroxylation sites is 1. The van der Waals surface area contributed by atoms with Gasteiger partial charge in [0, 0.05) is 36.0 Å². The van der Waals surface area contributed by atoms with Gasteiger partial charge in [-0.15, -0.1) is 0 Å². The number of rotatable bonds is 8. The molecule has 1 heterocycles. The fourth-order valence-corrected chi connectivity index (χ4v) is 3.43. The normalized spacial score (nSPS) is 12.2. The van der Waals surface area contributed by atoms with Crippen molar-refractivity contribution >= 4 is 16.8 Å². The average molecular weight is 380 g/mol. The molecule has 2 aromatic carbocycles. The highest BCUT2D eigenvalue weighted by Gasteiger charge is 2.23. The van der Waals surface area contributed by atoms with E-state index in [4.69, 9.17) is 9.47 Å². The molecule has 0 aliphatic rings. The number of nitrogens with one attached hydrogen (secondary N) is 2. The first-order chi connectivity index (χ1) is 13.5. The number of fused-ring (bicyclic) bond motifs is 1. The van der Waals surface area contributed by atoms with E-state index < -0.39 is 0 Å². The van der Waals surface area contributed by atoms with Gasteiger partial charge in [0.1, 0.15) is 0 Å². The molecule has 1 amide bonds. The third-order valence-corrected chi connectivity index (χ3v) is 4.90. The molecule has 3 aromatic rings. The van der Waals surface area contributed by atoms with Gasteiger partial charge in [-0.05, 0) is 35.2 Å². The first kappa shape index (κ1) is 19.8. The molecule has 148 valence electrons. The number of hydrogen-bond acceptors (Lipinski definition) is 3. The Bertz CT molecular complexity index is 946. The third kappa shape index (κ3) is 4.30. The van der Waals surface area contributed by atoms with E-state index in [-0.39, 0.29) is 11.8 Å². The highest BCUT2D eigenvalue weighted by atomic mass is 16.5. The number of H-pyrrole nitrogens is 1. The van der Waals surface area contributed by atoms with Crippen molar-refractivity contribution in [3.8, 4) is 11.5 Å². The fraction of sp³-hybridized carbons (Fsp3) is 0.348. The lowest BCUT2D eigenvalue weighted by atomic mass is 9.87. The van der Waals surface area contributed by atoms with Crippen molar-refractivity contribution < 1.29 is 14.3 Å². The average Bonchev–Trinajstić information content (AvgIpc) is 3.14. The molecule has 0 saturated carbocycles. The minimum absolute atomic E-state index is 0.0405. The lowest BCUT2D eigenvalue weighted by Crippen LogP contribution is -2.28. The molecule has 0 aliphatic carbocycles. The summed E-state index contributed by atoms with van der Waals surface area (Å²) in [5.41, 5.74) is 3.18. The quantitative estimate of drug-likeness (QED) is 0.606. The first-order valence-corrected chi connectivity index (χ1v) is 9.58. The zero-order chi connectivity index (χ0) is 20.1. The van der Waals surface area contributed by atoms with Gasteiger partial charge in [-0.1, -0.05) is 38.1 Å². The molecule has 0 radical (unpaired) electrons. The van der Waals surface area contributed by atoms with Crippen LogP contribution in [0.15, 0.2) is 48.7 Å². The molecule has 0 fully saturated rings. The Labute approximate surface area is 166 Å². The summed E-state index contributed by atoms with van der Waals surface area (Å²) in [6.45, 7) is 4.85. The molecule has 28 heavy (non-hydrogen) atoms. The SMILES string of the molecule is COc1ccc([C@H](CC(=O)NCC(C)C)c2c[nH]c3ccccc23)cc1OC. The lowest BCUT2D eigenvalue weighted by Gasteiger charge is -2.19. The van der Waals surface area contributed by atoms with E-state index in [9.17, 15) is 4.79 Å². The molecule has 0 saturated heterocycles. The minimum Gasteiger partial charge on any atom is -0.493 e. The highest BCUT2D eigenvalue weighted by molar-refractivity contribution is 5.86. The van der Waals surface area contributed by atoms with Crippen molar-refractivity contribution in [3.63, 3.8) is 0 Å². The van der Waals surface area contributed by atoms with Crippen LogP contribution in [-0.2, 0) is 4.79 Å². The smallest absolute Gasteiger partial charge is 0.220 e. The fourth-order valence-electron chi connectivity index (χ4n) is 3.43. The number of amides is 1. The molecule has 5 nitrogen and oxygen atoms in total. The number of aromatic nitrogens is 1. The Morgan fingerprint density at radius 2 is 1.82 bits per heavy atom. The summed E-state index contributed by atoms with van der Waals surface area (Å²) >= 11 is 0. The zero-order valence-electron chi connectivity index (χ0n) is 16.9. The van der Waals surface area contributed by atoms with Gasteiger partial charge < -0.3 is 19.8 Å². The number of hydrogen-bond donors (Lipinski definition) is 2. The molecule has 3 rings (SSSR count). The summed E-state index contributed by atoms with van der Waals surface area (Å²) < 4.78 is 10.8. The largest absolute Gasteiger partial charge is 0.493 e. The van der Waals surface area contributed by atoms with Crippen LogP contribution in [0, 0.1) is 5.92 Å². The van der Waals surface area contributed by atoms with Crippen LogP contribution in [0.5, 0.6) is 11.5 Å². The van der Waals surface area contributed by atoms with Gasteiger partial charge in [0.05, 0.1) is 14.2 Å². The molecule has 1 aromatic heterocycles. The molecule has 0 bridgehead atoms. The van der Waals surface area contributed by atoms with Crippen molar-refractivity contribution in [1.82, 2.24) is 10.3 Å². The van der Waals surface area contributed by atoms with E-state index in [1.54, 1.807) is 14.2 Å². The van der Waals surface area contributed by atoms with Crippen LogP contribution >= 0.6 is 0 Å². The second-order valence-electron chi connectivity index (χ2n) is 7.36. The topological polar surface area (TPSA) is 63.3 Å². The molecule has 0 spiro atoms. The van der Waals surface area contributed by atoms with Crippen LogP contribution in [-0.4, -0.2) is 31.7 Å². The summed E-state index contributed by atoms with van der Waals surface area (Å²) in [6.07, 6.45) is 2.37. The molecular formula is C23H28N2O3. The van der Waals surface area contributed by atoms with E-state index in [1.165, 1.54) is 0 Å². The van der Waals surface area contributed by atoms with E-state index in [1.807, 2.05) is 42.6 Å². The van der Waals surface area contributed by atoms with Crippen molar-refractivity contribution in [2.24, 2.45) is 5.92 Å². The van der Waals surface area contributed by atoms with Gasteiger partial charge in [-0.3, -0.25) is 4.79 Å². The predicted molar refractivity (Wildman–Crippen MR) is 112 cm³/mol. The summed E-state index contributed by atoms with van der Waals surface area (Å²) in [5, 5.41) is 4.16. The van der Waals surface area contributed by atoms with E-state index >= 15 is 0 Å². The highest BCUT2D eigenvalue weighted by Crippen LogP contribution is 2.37. The van der Waals surface area contributed by atoms with Crippen molar-refractivity contribution in [1.29, 1.82) is 0 Å². The first-order valence-electron chi connectivity index (χ1n) is 9.58. The van der Waals surface area contributed by atoms with Gasteiger partial charge in [0.2, 0.25) is 5.91 Å². The van der Waals surface area contributed by atoms with Crippen molar-refractivity contribution in [3.05, 3.63) is 59.8 Å². The van der Waals surface area contributed by atoms with Crippen LogP contribution in [0.2, 0.25) is 0 Å². The van der Waals surface area contributed by atoms with Gasteiger partial charge >= 0.3 is 0 Å². The van der Waals surface area contributed by atoms with Crippen molar-refractivity contribution in [2.75, 3.05) is 20.8 Å². The Kier molecular flexibility index (Phi) is 6.24. The van der Waals surface area contributed by atoms with Crippen LogP contribution < -0.4 is 14.8 Å². The molecule has 0 unspecified atom stereocenters. The molecule has 2 N–H and O–H groups in total. The van der Waals surface area contributed by atoms with E-state index in [0.29, 0.717) is 30.4 Å². The van der Waals surface area contributed by atoms with E-state index in [0.717, 1.165) is 22.0 Å². The summed E-state index contributed by atoms with van der Waals surface area (Å²) in [6, 6.07) is 14.0. The Morgan fingerprint density at radius 3 is 2.54 bits per heavy atom. The second-order valence-corrected chi connectivity index (χ2v) is 7.36. The van der Waals surface area contributed by atoms with Crippen LogP contribution in [0.1, 0.15) is 37.3 Å². The molecule has 1 atom stereocenters. The lowest BCUT2D eigenvalue weighted by molar-refractivity contribution is -0.121. The number of carbonyl (C=O) groups excluding carboxylic acids is 1. The number of benzene rings is 2. The summed E-state index contributed by atoms with van der Waals surface area (Å²) in [7, 11) is 3.24. The van der Waals surface area contributed by atoms with Gasteiger partial charge in [-0.25, -0.2) is 0 Å². The van der Waals surface area contributed by atoms with Crippen LogP contribution in [0.25, 0.3) is 10.9 Å². The molecule has 0 aliphatic heterocycles. The maximum absolute atomic E-state index is 12.7. The Morgan fingerprint density at radius 1 is 1.07 bits per heavy atom. The second kappa shape index (κ2) is 8.83. The van der Waals surface area contributed by atoms with Crippen LogP contribution in [0.3, 0.4) is 0 Å². The predicted octanol–water partition coefficient (Wildman–Crippen LogP) is 4.48.